The van der Waals surface area contributed by atoms with Crippen LogP contribution < -0.4 is 0 Å². The maximum Gasteiger partial charge on any atom is 0.233 e. The van der Waals surface area contributed by atoms with Crippen LogP contribution in [0.1, 0.15) is 20.7 Å². The molecule has 1 aliphatic carbocycles. The smallest absolute Gasteiger partial charge is 0.233 e. The van der Waals surface area contributed by atoms with Crippen LogP contribution in [0, 0.1) is 0 Å². The molecule has 100 valence electrons. The van der Waals surface area contributed by atoms with Gasteiger partial charge in [-0.05, 0) is 12.1 Å². The normalized spacial score (nSPS) is 14.6. The molecule has 5 nitrogen and oxygen atoms in total. The Kier molecular flexibility index (Phi) is 3.68. The fourth-order valence-electron chi connectivity index (χ4n) is 1.74. The summed E-state index contributed by atoms with van der Waals surface area (Å²) in [6, 6.07) is 2.21. The van der Waals surface area contributed by atoms with Gasteiger partial charge in [0.1, 0.15) is 23.1 Å². The number of allylic oxidation sites excluding steroid dienone is 2. The number of Topliss-reactive ketones (excluding diaryl/α,β-unsaturated/α-hetero) is 2. The molecular formula is C12H8Cl2O5. The molecule has 1 aromatic carbocycles. The monoisotopic (exact) mass is 302 g/mol. The number of ether oxygens (including phenoxy) is 1. The highest BCUT2D eigenvalue weighted by Crippen LogP contribution is 2.38. The van der Waals surface area contributed by atoms with Crippen molar-refractivity contribution in [2.24, 2.45) is 0 Å². The van der Waals surface area contributed by atoms with Crippen LogP contribution in [0.5, 0.6) is 11.5 Å². The number of alkyl halides is 1. The molecule has 1 aliphatic rings. The van der Waals surface area contributed by atoms with Gasteiger partial charge in [-0.3, -0.25) is 9.59 Å². The van der Waals surface area contributed by atoms with E-state index in [1.165, 1.54) is 0 Å². The third kappa shape index (κ3) is 2.15. The second-order valence-electron chi connectivity index (χ2n) is 3.69. The fraction of sp³-hybridized carbons (Fsp3) is 0.167. The van der Waals surface area contributed by atoms with Gasteiger partial charge in [0, 0.05) is 0 Å². The number of hydrogen-bond acceptors (Lipinski definition) is 5. The minimum absolute atomic E-state index is 0.0129. The summed E-state index contributed by atoms with van der Waals surface area (Å²) < 4.78 is 5.03. The van der Waals surface area contributed by atoms with E-state index in [4.69, 9.17) is 27.9 Å². The maximum absolute atomic E-state index is 12.1. The van der Waals surface area contributed by atoms with Crippen molar-refractivity contribution in [1.82, 2.24) is 0 Å². The average molecular weight is 303 g/mol. The van der Waals surface area contributed by atoms with Gasteiger partial charge in [-0.25, -0.2) is 0 Å². The zero-order chi connectivity index (χ0) is 14.2. The molecule has 0 saturated heterocycles. The van der Waals surface area contributed by atoms with E-state index in [1.54, 1.807) is 0 Å². The van der Waals surface area contributed by atoms with E-state index in [0.29, 0.717) is 0 Å². The SMILES string of the molecule is O=C1C(Cl)=C(OCCCl)C(=O)c2c(O)ccc(O)c21. The molecule has 0 heterocycles. The number of ketones is 2. The number of carbonyl (C=O) groups excluding carboxylic acids is 2. The fourth-order valence-corrected chi connectivity index (χ4v) is 2.05. The first kappa shape index (κ1) is 13.7. The second-order valence-corrected chi connectivity index (χ2v) is 4.45. The molecule has 7 heteroatoms. The van der Waals surface area contributed by atoms with Gasteiger partial charge in [0.2, 0.25) is 11.6 Å². The summed E-state index contributed by atoms with van der Waals surface area (Å²) in [7, 11) is 0. The largest absolute Gasteiger partial charge is 0.507 e. The molecule has 0 radical (unpaired) electrons. The van der Waals surface area contributed by atoms with Crippen molar-refractivity contribution in [2.75, 3.05) is 12.5 Å². The maximum atomic E-state index is 12.1. The summed E-state index contributed by atoms with van der Waals surface area (Å²) in [4.78, 5) is 24.1. The minimum atomic E-state index is -0.783. The molecule has 2 N–H and O–H groups in total. The third-order valence-corrected chi connectivity index (χ3v) is 3.04. The van der Waals surface area contributed by atoms with E-state index in [2.05, 4.69) is 0 Å². The Morgan fingerprint density at radius 3 is 2.11 bits per heavy atom. The van der Waals surface area contributed by atoms with Crippen LogP contribution in [-0.4, -0.2) is 34.3 Å². The molecular weight excluding hydrogens is 295 g/mol. The molecule has 0 fully saturated rings. The first-order valence-electron chi connectivity index (χ1n) is 5.22. The Bertz CT molecular complexity index is 606. The van der Waals surface area contributed by atoms with Crippen LogP contribution >= 0.6 is 23.2 Å². The lowest BCUT2D eigenvalue weighted by atomic mass is 9.91. The van der Waals surface area contributed by atoms with E-state index < -0.39 is 28.1 Å². The standard InChI is InChI=1S/C12H8Cl2O5/c13-3-4-19-12-9(14)10(17)7-5(15)1-2-6(16)8(7)11(12)18/h1-2,15-16H,3-4H2. The van der Waals surface area contributed by atoms with Crippen LogP contribution in [0.4, 0.5) is 0 Å². The lowest BCUT2D eigenvalue weighted by Gasteiger charge is -2.19. The molecule has 0 unspecified atom stereocenters. The summed E-state index contributed by atoms with van der Waals surface area (Å²) in [6.45, 7) is -0.0129. The van der Waals surface area contributed by atoms with Gasteiger partial charge in [-0.15, -0.1) is 11.6 Å². The van der Waals surface area contributed by atoms with Gasteiger partial charge in [0.25, 0.3) is 0 Å². The summed E-state index contributed by atoms with van der Waals surface area (Å²) >= 11 is 11.2. The highest BCUT2D eigenvalue weighted by molar-refractivity contribution is 6.50. The van der Waals surface area contributed by atoms with Gasteiger partial charge in [0.15, 0.2) is 5.76 Å². The van der Waals surface area contributed by atoms with E-state index in [-0.39, 0.29) is 29.4 Å². The van der Waals surface area contributed by atoms with Crippen molar-refractivity contribution in [3.8, 4) is 11.5 Å². The van der Waals surface area contributed by atoms with Crippen LogP contribution in [0.2, 0.25) is 0 Å². The van der Waals surface area contributed by atoms with E-state index in [1.807, 2.05) is 0 Å². The predicted molar refractivity (Wildman–Crippen MR) is 68.0 cm³/mol. The number of phenolic OH excluding ortho intramolecular Hbond substituents is 2. The van der Waals surface area contributed by atoms with Crippen molar-refractivity contribution in [3.63, 3.8) is 0 Å². The molecule has 1 aromatic rings. The second kappa shape index (κ2) is 5.11. The highest BCUT2D eigenvalue weighted by Gasteiger charge is 2.37. The van der Waals surface area contributed by atoms with Crippen LogP contribution in [0.3, 0.4) is 0 Å². The molecule has 0 bridgehead atoms. The number of fused-ring (bicyclic) bond motifs is 1. The summed E-state index contributed by atoms with van der Waals surface area (Å²) in [5.74, 6) is -2.68. The molecule has 0 saturated carbocycles. The molecule has 0 amide bonds. The third-order valence-electron chi connectivity index (χ3n) is 2.54. The molecule has 2 rings (SSSR count). The lowest BCUT2D eigenvalue weighted by molar-refractivity contribution is 0.0884. The van der Waals surface area contributed by atoms with Gasteiger partial charge in [-0.1, -0.05) is 11.6 Å². The number of hydrogen-bond donors (Lipinski definition) is 2. The van der Waals surface area contributed by atoms with Crippen LogP contribution in [0.15, 0.2) is 22.9 Å². The highest BCUT2D eigenvalue weighted by atomic mass is 35.5. The van der Waals surface area contributed by atoms with Gasteiger partial charge in [0.05, 0.1) is 17.0 Å². The van der Waals surface area contributed by atoms with Crippen molar-refractivity contribution in [2.45, 2.75) is 0 Å². The lowest BCUT2D eigenvalue weighted by Crippen LogP contribution is -2.22. The number of halogens is 2. The predicted octanol–water partition coefficient (Wildman–Crippen LogP) is 2.18. The van der Waals surface area contributed by atoms with Gasteiger partial charge >= 0.3 is 0 Å². The molecule has 0 aromatic heterocycles. The Morgan fingerprint density at radius 2 is 1.58 bits per heavy atom. The topological polar surface area (TPSA) is 83.8 Å². The van der Waals surface area contributed by atoms with Gasteiger partial charge in [-0.2, -0.15) is 0 Å². The molecule has 0 spiro atoms. The Hall–Kier alpha value is -1.72. The van der Waals surface area contributed by atoms with E-state index >= 15 is 0 Å². The van der Waals surface area contributed by atoms with E-state index in [0.717, 1.165) is 12.1 Å². The zero-order valence-electron chi connectivity index (χ0n) is 9.44. The van der Waals surface area contributed by atoms with E-state index in [9.17, 15) is 19.8 Å². The van der Waals surface area contributed by atoms with Crippen LogP contribution in [0.25, 0.3) is 0 Å². The van der Waals surface area contributed by atoms with Crippen molar-refractivity contribution in [3.05, 3.63) is 34.1 Å². The van der Waals surface area contributed by atoms with Crippen LogP contribution in [-0.2, 0) is 4.74 Å². The number of benzene rings is 1. The Balaban J connectivity index is 2.61. The quantitative estimate of drug-likeness (QED) is 0.660. The summed E-state index contributed by atoms with van der Waals surface area (Å²) in [5, 5.41) is 18.8. The first-order chi connectivity index (χ1) is 8.99. The molecule has 0 atom stereocenters. The average Bonchev–Trinajstić information content (AvgIpc) is 2.38. The molecule has 0 aliphatic heterocycles. The Labute approximate surface area is 118 Å². The van der Waals surface area contributed by atoms with Crippen molar-refractivity contribution in [1.29, 1.82) is 0 Å². The number of carbonyl (C=O) groups is 2. The minimum Gasteiger partial charge on any atom is -0.507 e. The Morgan fingerprint density at radius 1 is 1.05 bits per heavy atom. The number of phenols is 2. The summed E-state index contributed by atoms with van der Waals surface area (Å²) in [5.41, 5.74) is -0.646. The number of aromatic hydroxyl groups is 2. The van der Waals surface area contributed by atoms with Crippen molar-refractivity contribution >= 4 is 34.8 Å². The van der Waals surface area contributed by atoms with Gasteiger partial charge < -0.3 is 14.9 Å². The first-order valence-corrected chi connectivity index (χ1v) is 6.13. The van der Waals surface area contributed by atoms with Crippen molar-refractivity contribution < 1.29 is 24.5 Å². The summed E-state index contributed by atoms with van der Waals surface area (Å²) in [6.07, 6.45) is 0. The molecule has 19 heavy (non-hydrogen) atoms. The number of rotatable bonds is 3. The zero-order valence-corrected chi connectivity index (χ0v) is 11.0.